The van der Waals surface area contributed by atoms with Crippen LogP contribution in [0, 0.1) is 0 Å². The van der Waals surface area contributed by atoms with Gasteiger partial charge in [0.1, 0.15) is 5.75 Å². The van der Waals surface area contributed by atoms with Crippen LogP contribution in [0.25, 0.3) is 0 Å². The van der Waals surface area contributed by atoms with Gasteiger partial charge in [-0.2, -0.15) is 4.31 Å². The van der Waals surface area contributed by atoms with Crippen LogP contribution < -0.4 is 4.74 Å². The molecule has 0 radical (unpaired) electrons. The summed E-state index contributed by atoms with van der Waals surface area (Å²) in [6, 6.07) is 4.35. The third-order valence-corrected chi connectivity index (χ3v) is 5.20. The minimum absolute atomic E-state index is 0.00704. The molecule has 7 nitrogen and oxygen atoms in total. The maximum atomic E-state index is 12.6. The minimum atomic E-state index is -3.73. The van der Waals surface area contributed by atoms with Gasteiger partial charge in [0.2, 0.25) is 10.0 Å². The van der Waals surface area contributed by atoms with Crippen LogP contribution in [-0.4, -0.2) is 57.2 Å². The van der Waals surface area contributed by atoms with Gasteiger partial charge >= 0.3 is 5.97 Å². The highest BCUT2D eigenvalue weighted by Crippen LogP contribution is 2.25. The maximum Gasteiger partial charge on any atom is 0.307 e. The summed E-state index contributed by atoms with van der Waals surface area (Å²) in [4.78, 5) is 11.0. The zero-order valence-corrected chi connectivity index (χ0v) is 12.4. The fraction of sp³-hybridized carbons (Fsp3) is 0.462. The third-order valence-electron chi connectivity index (χ3n) is 3.20. The summed E-state index contributed by atoms with van der Waals surface area (Å²) in [6.07, 6.45) is -0.379. The molecule has 1 heterocycles. The van der Waals surface area contributed by atoms with Gasteiger partial charge in [-0.15, -0.1) is 0 Å². The first kappa shape index (κ1) is 15.7. The van der Waals surface area contributed by atoms with Gasteiger partial charge in [0.05, 0.1) is 31.6 Å². The Morgan fingerprint density at radius 2 is 2.05 bits per heavy atom. The Kier molecular flexibility index (Phi) is 4.81. The van der Waals surface area contributed by atoms with Gasteiger partial charge in [-0.25, -0.2) is 8.42 Å². The number of carboxylic acids is 1. The van der Waals surface area contributed by atoms with Crippen LogP contribution in [0.4, 0.5) is 0 Å². The smallest absolute Gasteiger partial charge is 0.307 e. The van der Waals surface area contributed by atoms with Crippen LogP contribution in [0.15, 0.2) is 23.1 Å². The number of hydrogen-bond acceptors (Lipinski definition) is 5. The lowest BCUT2D eigenvalue weighted by molar-refractivity contribution is -0.136. The molecule has 1 aromatic rings. The van der Waals surface area contributed by atoms with Crippen LogP contribution in [0.2, 0.25) is 0 Å². The molecule has 1 fully saturated rings. The lowest BCUT2D eigenvalue weighted by atomic mass is 10.1. The lowest BCUT2D eigenvalue weighted by Crippen LogP contribution is -2.41. The van der Waals surface area contributed by atoms with Gasteiger partial charge in [0.25, 0.3) is 0 Å². The van der Waals surface area contributed by atoms with Crippen molar-refractivity contribution in [3.8, 4) is 5.75 Å². The van der Waals surface area contributed by atoms with E-state index in [1.54, 1.807) is 0 Å². The van der Waals surface area contributed by atoms with Crippen LogP contribution in [0.5, 0.6) is 5.75 Å². The predicted octanol–water partition coefficient (Wildman–Crippen LogP) is 0.343. The highest BCUT2D eigenvalue weighted by atomic mass is 32.2. The van der Waals surface area contributed by atoms with E-state index in [-0.39, 0.29) is 30.0 Å². The molecule has 0 unspecified atom stereocenters. The summed E-state index contributed by atoms with van der Waals surface area (Å²) >= 11 is 0. The topological polar surface area (TPSA) is 93.1 Å². The first-order valence-electron chi connectivity index (χ1n) is 6.42. The fourth-order valence-electron chi connectivity index (χ4n) is 2.16. The van der Waals surface area contributed by atoms with Crippen LogP contribution in [-0.2, 0) is 26.0 Å². The molecule has 1 aromatic carbocycles. The Labute approximate surface area is 123 Å². The van der Waals surface area contributed by atoms with Gasteiger partial charge in [0.15, 0.2) is 0 Å². The number of hydrogen-bond donors (Lipinski definition) is 1. The molecule has 116 valence electrons. The molecule has 21 heavy (non-hydrogen) atoms. The summed E-state index contributed by atoms with van der Waals surface area (Å²) in [7, 11) is -2.29. The summed E-state index contributed by atoms with van der Waals surface area (Å²) in [6.45, 7) is 1.20. The third kappa shape index (κ3) is 3.52. The Hall–Kier alpha value is -1.64. The number of ether oxygens (including phenoxy) is 2. The monoisotopic (exact) mass is 315 g/mol. The van der Waals surface area contributed by atoms with E-state index >= 15 is 0 Å². The summed E-state index contributed by atoms with van der Waals surface area (Å²) < 4.78 is 36.7. The Morgan fingerprint density at radius 3 is 2.62 bits per heavy atom. The van der Waals surface area contributed by atoms with E-state index in [2.05, 4.69) is 0 Å². The van der Waals surface area contributed by atoms with Gasteiger partial charge in [-0.05, 0) is 23.8 Å². The van der Waals surface area contributed by atoms with E-state index in [4.69, 9.17) is 14.6 Å². The Balaban J connectivity index is 2.43. The van der Waals surface area contributed by atoms with Crippen molar-refractivity contribution in [1.29, 1.82) is 0 Å². The molecule has 0 atom stereocenters. The highest BCUT2D eigenvalue weighted by molar-refractivity contribution is 7.89. The van der Waals surface area contributed by atoms with Gasteiger partial charge in [-0.1, -0.05) is 0 Å². The number of carboxylic acid groups (broad SMARTS) is 1. The van der Waals surface area contributed by atoms with E-state index < -0.39 is 16.0 Å². The van der Waals surface area contributed by atoms with Gasteiger partial charge in [-0.3, -0.25) is 4.79 Å². The number of benzene rings is 1. The predicted molar refractivity (Wildman–Crippen MR) is 73.9 cm³/mol. The first-order chi connectivity index (χ1) is 9.95. The summed E-state index contributed by atoms with van der Waals surface area (Å²) in [5.41, 5.74) is 0.216. The van der Waals surface area contributed by atoms with Crippen molar-refractivity contribution in [2.45, 2.75) is 11.3 Å². The highest BCUT2D eigenvalue weighted by Gasteiger charge is 2.29. The van der Waals surface area contributed by atoms with Crippen molar-refractivity contribution in [2.75, 3.05) is 33.4 Å². The quantitative estimate of drug-likeness (QED) is 0.842. The number of methoxy groups -OCH3 is 1. The van der Waals surface area contributed by atoms with E-state index in [9.17, 15) is 13.2 Å². The number of aliphatic carboxylic acids is 1. The largest absolute Gasteiger partial charge is 0.497 e. The number of sulfonamides is 1. The molecule has 1 saturated heterocycles. The molecule has 1 aliphatic heterocycles. The standard InChI is InChI=1S/C13H17NO6S/c1-19-11-2-3-12(10(8-11)9-13(15)16)21(17,18)14-4-6-20-7-5-14/h2-3,8H,4-7,9H2,1H3,(H,15,16). The number of carbonyl (C=O) groups is 1. The lowest BCUT2D eigenvalue weighted by Gasteiger charge is -2.27. The molecule has 0 bridgehead atoms. The molecule has 0 spiro atoms. The van der Waals surface area contributed by atoms with Crippen molar-refractivity contribution in [3.05, 3.63) is 23.8 Å². The molecule has 2 rings (SSSR count). The zero-order valence-electron chi connectivity index (χ0n) is 11.6. The molecule has 0 saturated carbocycles. The second-order valence-corrected chi connectivity index (χ2v) is 6.47. The number of rotatable bonds is 5. The van der Waals surface area contributed by atoms with E-state index in [0.29, 0.717) is 19.0 Å². The van der Waals surface area contributed by atoms with Crippen molar-refractivity contribution in [2.24, 2.45) is 0 Å². The average molecular weight is 315 g/mol. The number of nitrogens with zero attached hydrogens (tertiary/aromatic N) is 1. The molecule has 0 aliphatic carbocycles. The summed E-state index contributed by atoms with van der Waals surface area (Å²) in [5, 5.41) is 8.96. The molecule has 1 N–H and O–H groups in total. The maximum absolute atomic E-state index is 12.6. The normalized spacial score (nSPS) is 16.6. The summed E-state index contributed by atoms with van der Waals surface area (Å²) in [5.74, 6) is -0.672. The van der Waals surface area contributed by atoms with E-state index in [0.717, 1.165) is 0 Å². The van der Waals surface area contributed by atoms with E-state index in [1.165, 1.54) is 29.6 Å². The Bertz CT molecular complexity index is 622. The second-order valence-electron chi connectivity index (χ2n) is 4.56. The van der Waals surface area contributed by atoms with Gasteiger partial charge < -0.3 is 14.6 Å². The van der Waals surface area contributed by atoms with Crippen molar-refractivity contribution >= 4 is 16.0 Å². The molecule has 1 aliphatic rings. The molecule has 0 amide bonds. The van der Waals surface area contributed by atoms with Crippen LogP contribution in [0.1, 0.15) is 5.56 Å². The van der Waals surface area contributed by atoms with Crippen molar-refractivity contribution in [3.63, 3.8) is 0 Å². The molecule has 0 aromatic heterocycles. The van der Waals surface area contributed by atoms with Gasteiger partial charge in [0, 0.05) is 13.1 Å². The Morgan fingerprint density at radius 1 is 1.38 bits per heavy atom. The molecular weight excluding hydrogens is 298 g/mol. The minimum Gasteiger partial charge on any atom is -0.497 e. The van der Waals surface area contributed by atoms with Crippen molar-refractivity contribution < 1.29 is 27.8 Å². The van der Waals surface area contributed by atoms with Crippen LogP contribution >= 0.6 is 0 Å². The van der Waals surface area contributed by atoms with Crippen LogP contribution in [0.3, 0.4) is 0 Å². The first-order valence-corrected chi connectivity index (χ1v) is 7.86. The van der Waals surface area contributed by atoms with Crippen molar-refractivity contribution in [1.82, 2.24) is 4.31 Å². The number of morpholine rings is 1. The molecular formula is C13H17NO6S. The van der Waals surface area contributed by atoms with E-state index in [1.807, 2.05) is 0 Å². The molecule has 8 heteroatoms. The average Bonchev–Trinajstić information content (AvgIpc) is 2.47. The second kappa shape index (κ2) is 6.42. The SMILES string of the molecule is COc1ccc(S(=O)(=O)N2CCOCC2)c(CC(=O)O)c1. The fourth-order valence-corrected chi connectivity index (χ4v) is 3.77. The zero-order chi connectivity index (χ0) is 15.5.